The van der Waals surface area contributed by atoms with Crippen LogP contribution in [0.1, 0.15) is 33.2 Å². The van der Waals surface area contributed by atoms with E-state index in [4.69, 9.17) is 16.3 Å². The Balaban J connectivity index is 1.55. The molecule has 0 bridgehead atoms. The summed E-state index contributed by atoms with van der Waals surface area (Å²) in [4.78, 5) is 25.0. The molecule has 0 atom stereocenters. The first kappa shape index (κ1) is 22.4. The van der Waals surface area contributed by atoms with Gasteiger partial charge in [-0.15, -0.1) is 0 Å². The van der Waals surface area contributed by atoms with Crippen molar-refractivity contribution in [3.05, 3.63) is 101 Å². The summed E-state index contributed by atoms with van der Waals surface area (Å²) in [6.07, 6.45) is 1.98. The van der Waals surface area contributed by atoms with Crippen molar-refractivity contribution in [3.63, 3.8) is 0 Å². The van der Waals surface area contributed by atoms with E-state index >= 15 is 0 Å². The first-order chi connectivity index (χ1) is 16.0. The molecule has 0 radical (unpaired) electrons. The van der Waals surface area contributed by atoms with Gasteiger partial charge in [0, 0.05) is 30.2 Å². The number of nitrogens with zero attached hydrogens (tertiary/aromatic N) is 2. The Bertz CT molecular complexity index is 1280. The van der Waals surface area contributed by atoms with E-state index in [-0.39, 0.29) is 11.9 Å². The standard InChI is InChI=1S/C26H24ClN3O3/c1-3-33-26(32)20-9-13-22(14-10-20)29(2)28-25(31)23-6-4-5-19-15-16-30(24(19)23)17-18-7-11-21(27)12-8-18/h4-16H,3,17H2,1-2H3,(H,28,31). The van der Waals surface area contributed by atoms with E-state index < -0.39 is 0 Å². The van der Waals surface area contributed by atoms with Gasteiger partial charge in [-0.25, -0.2) is 4.79 Å². The number of aromatic nitrogens is 1. The van der Waals surface area contributed by atoms with Gasteiger partial charge in [0.1, 0.15) is 0 Å². The maximum Gasteiger partial charge on any atom is 0.338 e. The molecule has 0 aliphatic carbocycles. The summed E-state index contributed by atoms with van der Waals surface area (Å²) in [5.41, 5.74) is 6.63. The largest absolute Gasteiger partial charge is 0.462 e. The van der Waals surface area contributed by atoms with Crippen LogP contribution in [0.3, 0.4) is 0 Å². The molecule has 0 saturated carbocycles. The molecule has 3 aromatic carbocycles. The van der Waals surface area contributed by atoms with Crippen molar-refractivity contribution in [2.24, 2.45) is 0 Å². The number of fused-ring (bicyclic) bond motifs is 1. The Kier molecular flexibility index (Phi) is 6.66. The maximum atomic E-state index is 13.2. The highest BCUT2D eigenvalue weighted by Crippen LogP contribution is 2.23. The third kappa shape index (κ3) is 5.02. The number of carbonyl (C=O) groups excluding carboxylic acids is 2. The summed E-state index contributed by atoms with van der Waals surface area (Å²) in [5, 5.41) is 3.30. The van der Waals surface area contributed by atoms with E-state index in [0.29, 0.717) is 29.3 Å². The minimum atomic E-state index is -0.371. The summed E-state index contributed by atoms with van der Waals surface area (Å²) in [7, 11) is 1.75. The number of hydrazine groups is 1. The summed E-state index contributed by atoms with van der Waals surface area (Å²) in [5.74, 6) is -0.600. The third-order valence-corrected chi connectivity index (χ3v) is 5.59. The molecule has 168 valence electrons. The van der Waals surface area contributed by atoms with Crippen LogP contribution in [0.5, 0.6) is 0 Å². The van der Waals surface area contributed by atoms with Gasteiger partial charge in [0.15, 0.2) is 0 Å². The zero-order valence-corrected chi connectivity index (χ0v) is 19.2. The molecule has 4 rings (SSSR count). The monoisotopic (exact) mass is 461 g/mol. The number of hydrogen-bond donors (Lipinski definition) is 1. The van der Waals surface area contributed by atoms with Crippen molar-refractivity contribution in [2.45, 2.75) is 13.5 Å². The Hall–Kier alpha value is -3.77. The van der Waals surface area contributed by atoms with E-state index in [1.54, 1.807) is 43.2 Å². The number of para-hydroxylation sites is 1. The summed E-state index contributed by atoms with van der Waals surface area (Å²) < 4.78 is 7.07. The quantitative estimate of drug-likeness (QED) is 0.299. The lowest BCUT2D eigenvalue weighted by Crippen LogP contribution is -2.39. The highest BCUT2D eigenvalue weighted by Gasteiger charge is 2.16. The third-order valence-electron chi connectivity index (χ3n) is 5.33. The first-order valence-electron chi connectivity index (χ1n) is 10.6. The van der Waals surface area contributed by atoms with Crippen LogP contribution >= 0.6 is 11.6 Å². The number of esters is 1. The van der Waals surface area contributed by atoms with E-state index in [9.17, 15) is 9.59 Å². The van der Waals surface area contributed by atoms with Crippen LogP contribution in [-0.2, 0) is 11.3 Å². The van der Waals surface area contributed by atoms with Gasteiger partial charge in [-0.2, -0.15) is 0 Å². The molecule has 6 nitrogen and oxygen atoms in total. The van der Waals surface area contributed by atoms with E-state index in [1.807, 2.05) is 54.7 Å². The maximum absolute atomic E-state index is 13.2. The minimum absolute atomic E-state index is 0.228. The van der Waals surface area contributed by atoms with Crippen LogP contribution in [0.2, 0.25) is 5.02 Å². The van der Waals surface area contributed by atoms with Crippen LogP contribution < -0.4 is 10.4 Å². The molecule has 0 spiro atoms. The normalized spacial score (nSPS) is 10.8. The SMILES string of the molecule is CCOC(=O)c1ccc(N(C)NC(=O)c2cccc3ccn(Cc4ccc(Cl)cc4)c23)cc1. The number of hydrogen-bond acceptors (Lipinski definition) is 4. The number of halogens is 1. The molecule has 33 heavy (non-hydrogen) atoms. The van der Waals surface area contributed by atoms with Crippen molar-refractivity contribution in [2.75, 3.05) is 18.7 Å². The molecule has 0 aliphatic rings. The zero-order valence-electron chi connectivity index (χ0n) is 18.4. The Morgan fingerprint density at radius 1 is 1.00 bits per heavy atom. The number of amides is 1. The molecule has 0 saturated heterocycles. The van der Waals surface area contributed by atoms with Crippen molar-refractivity contribution in [1.82, 2.24) is 9.99 Å². The Morgan fingerprint density at radius 3 is 2.42 bits per heavy atom. The van der Waals surface area contributed by atoms with Crippen molar-refractivity contribution >= 4 is 40.1 Å². The van der Waals surface area contributed by atoms with Crippen molar-refractivity contribution in [3.8, 4) is 0 Å². The second-order valence-corrected chi connectivity index (χ2v) is 8.02. The van der Waals surface area contributed by atoms with Crippen LogP contribution in [0, 0.1) is 0 Å². The van der Waals surface area contributed by atoms with Gasteiger partial charge in [0.05, 0.1) is 28.9 Å². The molecule has 0 fully saturated rings. The van der Waals surface area contributed by atoms with Gasteiger partial charge < -0.3 is 9.30 Å². The van der Waals surface area contributed by atoms with Crippen LogP contribution in [0.4, 0.5) is 5.69 Å². The van der Waals surface area contributed by atoms with Crippen LogP contribution in [0.25, 0.3) is 10.9 Å². The summed E-state index contributed by atoms with van der Waals surface area (Å²) >= 11 is 6.01. The lowest BCUT2D eigenvalue weighted by Gasteiger charge is -2.21. The molecule has 0 unspecified atom stereocenters. The Morgan fingerprint density at radius 2 is 1.73 bits per heavy atom. The topological polar surface area (TPSA) is 63.6 Å². The van der Waals surface area contributed by atoms with Gasteiger partial charge in [-0.3, -0.25) is 15.2 Å². The number of benzene rings is 3. The van der Waals surface area contributed by atoms with E-state index in [0.717, 1.165) is 22.2 Å². The second-order valence-electron chi connectivity index (χ2n) is 7.58. The second kappa shape index (κ2) is 9.79. The van der Waals surface area contributed by atoms with Crippen LogP contribution in [-0.4, -0.2) is 30.1 Å². The number of carbonyl (C=O) groups is 2. The smallest absolute Gasteiger partial charge is 0.338 e. The molecule has 1 amide bonds. The lowest BCUT2D eigenvalue weighted by atomic mass is 10.1. The minimum Gasteiger partial charge on any atom is -0.462 e. The molecule has 1 aromatic heterocycles. The van der Waals surface area contributed by atoms with Gasteiger partial charge in [0.25, 0.3) is 5.91 Å². The predicted molar refractivity (Wildman–Crippen MR) is 131 cm³/mol. The molecular weight excluding hydrogens is 438 g/mol. The number of ether oxygens (including phenoxy) is 1. The summed E-state index contributed by atoms with van der Waals surface area (Å²) in [6.45, 7) is 2.71. The lowest BCUT2D eigenvalue weighted by molar-refractivity contribution is 0.0526. The van der Waals surface area contributed by atoms with Crippen molar-refractivity contribution in [1.29, 1.82) is 0 Å². The Labute approximate surface area is 197 Å². The average Bonchev–Trinajstić information content (AvgIpc) is 3.23. The first-order valence-corrected chi connectivity index (χ1v) is 11.0. The van der Waals surface area contributed by atoms with Crippen molar-refractivity contribution < 1.29 is 14.3 Å². The van der Waals surface area contributed by atoms with E-state index in [2.05, 4.69) is 9.99 Å². The highest BCUT2D eigenvalue weighted by atomic mass is 35.5. The van der Waals surface area contributed by atoms with Gasteiger partial charge in [-0.05, 0) is 61.0 Å². The highest BCUT2D eigenvalue weighted by molar-refractivity contribution is 6.30. The fourth-order valence-corrected chi connectivity index (χ4v) is 3.80. The molecule has 7 heteroatoms. The number of anilines is 1. The number of nitrogens with one attached hydrogen (secondary N) is 1. The average molecular weight is 462 g/mol. The van der Waals surface area contributed by atoms with Gasteiger partial charge in [0.2, 0.25) is 0 Å². The molecule has 4 aromatic rings. The fraction of sp³-hybridized carbons (Fsp3) is 0.154. The fourth-order valence-electron chi connectivity index (χ4n) is 3.68. The van der Waals surface area contributed by atoms with Gasteiger partial charge in [-0.1, -0.05) is 35.9 Å². The molecular formula is C26H24ClN3O3. The number of rotatable bonds is 7. The van der Waals surface area contributed by atoms with Gasteiger partial charge >= 0.3 is 5.97 Å². The molecule has 0 aliphatic heterocycles. The predicted octanol–water partition coefficient (Wildman–Crippen LogP) is 5.30. The molecule has 1 heterocycles. The van der Waals surface area contributed by atoms with E-state index in [1.165, 1.54) is 0 Å². The zero-order chi connectivity index (χ0) is 23.4. The van der Waals surface area contributed by atoms with Crippen LogP contribution in [0.15, 0.2) is 79.0 Å². The summed E-state index contributed by atoms with van der Waals surface area (Å²) in [6, 6.07) is 22.2. The molecule has 1 N–H and O–H groups in total.